The fraction of sp³-hybridized carbons (Fsp3) is 0.136. The maximum atomic E-state index is 6.02. The van der Waals surface area contributed by atoms with Crippen molar-refractivity contribution in [1.29, 1.82) is 0 Å². The van der Waals surface area contributed by atoms with Gasteiger partial charge in [-0.25, -0.2) is 0 Å². The highest BCUT2D eigenvalue weighted by atomic mass is 16.5. The number of para-hydroxylation sites is 2. The van der Waals surface area contributed by atoms with Crippen LogP contribution < -0.4 is 38.0 Å². The van der Waals surface area contributed by atoms with E-state index in [1.165, 1.54) is 0 Å². The number of tetrazole rings is 2. The first kappa shape index (κ1) is 37.2. The number of methoxy groups -OCH3 is 6. The van der Waals surface area contributed by atoms with Crippen molar-refractivity contribution < 1.29 is 38.0 Å². The van der Waals surface area contributed by atoms with Crippen LogP contribution >= 0.6 is 0 Å². The summed E-state index contributed by atoms with van der Waals surface area (Å²) in [6.07, 6.45) is 0. The van der Waals surface area contributed by atoms with Gasteiger partial charge >= 0.3 is 11.6 Å². The van der Waals surface area contributed by atoms with Crippen LogP contribution in [0.2, 0.25) is 0 Å². The molecule has 0 aliphatic rings. The molecule has 6 aromatic carbocycles. The Morgan fingerprint density at radius 3 is 1.38 bits per heavy atom. The van der Waals surface area contributed by atoms with Gasteiger partial charge in [0.05, 0.1) is 64.0 Å². The van der Waals surface area contributed by atoms with Crippen molar-refractivity contribution in [3.63, 3.8) is 0 Å². The second kappa shape index (κ2) is 16.2. The zero-order valence-electron chi connectivity index (χ0n) is 32.7. The quantitative estimate of drug-likeness (QED) is 0.121. The first-order valence-electron chi connectivity index (χ1n) is 18.2. The third-order valence-corrected chi connectivity index (χ3v) is 9.50. The summed E-state index contributed by atoms with van der Waals surface area (Å²) in [5, 5.41) is 19.7. The third kappa shape index (κ3) is 6.98. The van der Waals surface area contributed by atoms with E-state index < -0.39 is 0 Å². The minimum absolute atomic E-state index is 0.475. The minimum Gasteiger partial charge on any atom is -0.496 e. The number of rotatable bonds is 13. The summed E-state index contributed by atoms with van der Waals surface area (Å²) >= 11 is 0. The van der Waals surface area contributed by atoms with Crippen LogP contribution in [0.15, 0.2) is 133 Å². The average molecular weight is 777 g/mol. The summed E-state index contributed by atoms with van der Waals surface area (Å²) in [6, 6.07) is 42.5. The van der Waals surface area contributed by atoms with Gasteiger partial charge in [0.1, 0.15) is 17.1 Å². The normalized spacial score (nSPS) is 10.9. The molecule has 0 spiro atoms. The van der Waals surface area contributed by atoms with Gasteiger partial charge in [0.25, 0.3) is 0 Å². The topological polar surface area (TPSA) is 125 Å². The highest BCUT2D eigenvalue weighted by Gasteiger charge is 2.29. The van der Waals surface area contributed by atoms with E-state index >= 15 is 0 Å². The Kier molecular flexibility index (Phi) is 10.4. The van der Waals surface area contributed by atoms with Crippen LogP contribution in [0.3, 0.4) is 0 Å². The van der Waals surface area contributed by atoms with Gasteiger partial charge in [0.2, 0.25) is 5.69 Å². The number of aromatic nitrogens is 8. The molecule has 0 amide bonds. The molecule has 0 saturated heterocycles. The highest BCUT2D eigenvalue weighted by Crippen LogP contribution is 2.36. The molecule has 0 atom stereocenters. The molecule has 8 rings (SSSR count). The van der Waals surface area contributed by atoms with Gasteiger partial charge in [0.15, 0.2) is 34.4 Å². The molecular formula is C44H40N8O6+2. The Hall–Kier alpha value is -7.74. The van der Waals surface area contributed by atoms with Crippen molar-refractivity contribution in [2.45, 2.75) is 0 Å². The van der Waals surface area contributed by atoms with Gasteiger partial charge < -0.3 is 28.4 Å². The molecule has 0 N–H and O–H groups in total. The molecule has 14 nitrogen and oxygen atoms in total. The fourth-order valence-corrected chi connectivity index (χ4v) is 6.58. The van der Waals surface area contributed by atoms with E-state index in [4.69, 9.17) is 48.8 Å². The number of hydrogen-bond acceptors (Lipinski definition) is 10. The Morgan fingerprint density at radius 2 is 0.862 bits per heavy atom. The van der Waals surface area contributed by atoms with E-state index in [-0.39, 0.29) is 0 Å². The monoisotopic (exact) mass is 776 g/mol. The molecule has 58 heavy (non-hydrogen) atoms. The smallest absolute Gasteiger partial charge is 0.340 e. The van der Waals surface area contributed by atoms with E-state index in [9.17, 15) is 0 Å². The van der Waals surface area contributed by atoms with Gasteiger partial charge in [-0.15, -0.1) is 0 Å². The summed E-state index contributed by atoms with van der Waals surface area (Å²) in [4.78, 5) is 6.93. The molecule has 0 unspecified atom stereocenters. The average Bonchev–Trinajstić information content (AvgIpc) is 3.95. The Balaban J connectivity index is 1.20. The lowest BCUT2D eigenvalue weighted by Crippen LogP contribution is -2.43. The molecule has 0 bridgehead atoms. The maximum Gasteiger partial charge on any atom is 0.340 e. The standard InChI is InChI=1S/C44H40N8O6/c1-53-37-23-18-30(26-41(37)57-5)43-45-49(32-13-9-7-10-14-32)51(47-43)34-20-21-35(39(28-34)55-3)29-17-22-36(40(25-29)56-4)52-48-44(46-50(52)33-15-11-8-12-16-33)31-19-24-38(54-2)42(27-31)58-6/h7-28H,1-6H3/q+2. The lowest BCUT2D eigenvalue weighted by molar-refractivity contribution is -0.734. The van der Waals surface area contributed by atoms with E-state index in [2.05, 4.69) is 0 Å². The fourth-order valence-electron chi connectivity index (χ4n) is 6.58. The van der Waals surface area contributed by atoms with E-state index in [0.29, 0.717) is 51.8 Å². The summed E-state index contributed by atoms with van der Waals surface area (Å²) < 4.78 is 34.1. The van der Waals surface area contributed by atoms with Gasteiger partial charge in [-0.3, -0.25) is 0 Å². The third-order valence-electron chi connectivity index (χ3n) is 9.50. The Labute approximate surface area is 334 Å². The van der Waals surface area contributed by atoms with Crippen molar-refractivity contribution in [1.82, 2.24) is 30.0 Å². The first-order chi connectivity index (χ1) is 28.5. The van der Waals surface area contributed by atoms with E-state index in [1.54, 1.807) is 61.8 Å². The van der Waals surface area contributed by atoms with Gasteiger partial charge in [-0.05, 0) is 116 Å². The molecule has 2 aromatic heterocycles. The van der Waals surface area contributed by atoms with Crippen LogP contribution in [0.5, 0.6) is 34.5 Å². The summed E-state index contributed by atoms with van der Waals surface area (Å²) in [5.74, 6) is 4.52. The minimum atomic E-state index is 0.475. The van der Waals surface area contributed by atoms with Crippen molar-refractivity contribution in [2.75, 3.05) is 42.7 Å². The van der Waals surface area contributed by atoms with E-state index in [1.807, 2.05) is 133 Å². The Morgan fingerprint density at radius 1 is 0.397 bits per heavy atom. The highest BCUT2D eigenvalue weighted by molar-refractivity contribution is 5.74. The lowest BCUT2D eigenvalue weighted by atomic mass is 10.0. The molecule has 0 fully saturated rings. The summed E-state index contributed by atoms with van der Waals surface area (Å²) in [5.41, 5.74) is 6.22. The van der Waals surface area contributed by atoms with Gasteiger partial charge in [0, 0.05) is 21.2 Å². The lowest BCUT2D eigenvalue weighted by Gasteiger charge is -2.12. The van der Waals surface area contributed by atoms with Crippen molar-refractivity contribution in [3.8, 4) is 91.1 Å². The predicted octanol–water partition coefficient (Wildman–Crippen LogP) is 6.45. The molecule has 0 aliphatic heterocycles. The van der Waals surface area contributed by atoms with Crippen LogP contribution in [-0.2, 0) is 0 Å². The molecule has 0 saturated carbocycles. The van der Waals surface area contributed by atoms with Gasteiger partial charge in [-0.1, -0.05) is 36.4 Å². The van der Waals surface area contributed by atoms with Crippen LogP contribution in [0.4, 0.5) is 0 Å². The summed E-state index contributed by atoms with van der Waals surface area (Å²) in [6.45, 7) is 0. The van der Waals surface area contributed by atoms with Crippen molar-refractivity contribution in [2.24, 2.45) is 0 Å². The predicted molar refractivity (Wildman–Crippen MR) is 215 cm³/mol. The first-order valence-corrected chi connectivity index (χ1v) is 18.2. The molecule has 0 radical (unpaired) electrons. The number of hydrogen-bond donors (Lipinski definition) is 0. The molecule has 14 heteroatoms. The van der Waals surface area contributed by atoms with Crippen LogP contribution in [0, 0.1) is 0 Å². The molecule has 8 aromatic rings. The van der Waals surface area contributed by atoms with Crippen molar-refractivity contribution in [3.05, 3.63) is 133 Å². The molecule has 0 aliphatic carbocycles. The number of nitrogens with zero attached hydrogens (tertiary/aromatic N) is 8. The zero-order chi connectivity index (χ0) is 40.2. The van der Waals surface area contributed by atoms with Crippen LogP contribution in [0.25, 0.3) is 56.7 Å². The second-order valence-corrected chi connectivity index (χ2v) is 12.8. The van der Waals surface area contributed by atoms with Gasteiger partial charge in [-0.2, -0.15) is 0 Å². The maximum absolute atomic E-state index is 6.02. The SMILES string of the molecule is COc1ccc(-c2nn(-c3ccccc3)[n+](-c3ccc(-c4ccc(-[n+]5nc(-c6ccc(OC)c(OC)c6)nn5-c5ccccc5)c(OC)c4)c(OC)c3)n2)cc1OC. The van der Waals surface area contributed by atoms with Crippen molar-refractivity contribution >= 4 is 0 Å². The molecule has 2 heterocycles. The Bertz CT molecular complexity index is 2720. The molecule has 290 valence electrons. The second-order valence-electron chi connectivity index (χ2n) is 12.8. The molecular weight excluding hydrogens is 737 g/mol. The van der Waals surface area contributed by atoms with Crippen LogP contribution in [0.1, 0.15) is 0 Å². The number of benzene rings is 6. The van der Waals surface area contributed by atoms with E-state index in [0.717, 1.165) is 39.3 Å². The largest absolute Gasteiger partial charge is 0.496 e. The van der Waals surface area contributed by atoms with Crippen LogP contribution in [-0.4, -0.2) is 72.6 Å². The summed E-state index contributed by atoms with van der Waals surface area (Å²) in [7, 11) is 9.67. The zero-order valence-corrected chi connectivity index (χ0v) is 32.7. The number of ether oxygens (including phenoxy) is 6.